The number of carbonyl (C=O) groups is 3. The van der Waals surface area contributed by atoms with Crippen molar-refractivity contribution in [3.05, 3.63) is 48.6 Å². The maximum absolute atomic E-state index is 12.8. The van der Waals surface area contributed by atoms with Gasteiger partial charge in [-0.05, 0) is 83.5 Å². The highest BCUT2D eigenvalue weighted by Gasteiger charge is 2.19. The van der Waals surface area contributed by atoms with Crippen LogP contribution in [0.15, 0.2) is 48.6 Å². The minimum atomic E-state index is -0.769. The second-order valence-electron chi connectivity index (χ2n) is 21.7. The third kappa shape index (κ3) is 60.1. The van der Waals surface area contributed by atoms with E-state index in [0.29, 0.717) is 19.3 Å². The Hall–Kier alpha value is -2.63. The van der Waals surface area contributed by atoms with Crippen molar-refractivity contribution >= 4 is 17.9 Å². The van der Waals surface area contributed by atoms with Gasteiger partial charge in [-0.15, -0.1) is 0 Å². The van der Waals surface area contributed by atoms with Gasteiger partial charge in [0.25, 0.3) is 0 Å². The van der Waals surface area contributed by atoms with Crippen molar-refractivity contribution in [2.75, 3.05) is 13.2 Å². The summed E-state index contributed by atoms with van der Waals surface area (Å²) in [5.41, 5.74) is 0. The smallest absolute Gasteiger partial charge is 0.306 e. The molecular weight excluding hydrogens is 901 g/mol. The first kappa shape index (κ1) is 70.4. The Kier molecular flexibility index (Phi) is 59.7. The average molecular weight is 1020 g/mol. The van der Waals surface area contributed by atoms with E-state index in [4.69, 9.17) is 14.2 Å². The lowest BCUT2D eigenvalue weighted by atomic mass is 10.0. The Balaban J connectivity index is 3.92. The molecule has 0 bridgehead atoms. The third-order valence-corrected chi connectivity index (χ3v) is 14.3. The second-order valence-corrected chi connectivity index (χ2v) is 21.7. The highest BCUT2D eigenvalue weighted by Crippen LogP contribution is 2.17. The number of ether oxygens (including phenoxy) is 3. The van der Waals surface area contributed by atoms with E-state index in [1.807, 2.05) is 0 Å². The van der Waals surface area contributed by atoms with Crippen molar-refractivity contribution in [2.45, 2.75) is 348 Å². The molecule has 6 nitrogen and oxygen atoms in total. The topological polar surface area (TPSA) is 78.9 Å². The molecule has 426 valence electrons. The van der Waals surface area contributed by atoms with E-state index in [9.17, 15) is 14.4 Å². The molecular formula is C67H122O6. The lowest BCUT2D eigenvalue weighted by Gasteiger charge is -2.18. The number of rotatable bonds is 59. The molecule has 6 heteroatoms. The molecule has 0 N–H and O–H groups in total. The van der Waals surface area contributed by atoms with Gasteiger partial charge in [-0.1, -0.05) is 288 Å². The van der Waals surface area contributed by atoms with Crippen LogP contribution in [-0.2, 0) is 28.6 Å². The predicted molar refractivity (Wildman–Crippen MR) is 316 cm³/mol. The van der Waals surface area contributed by atoms with Crippen molar-refractivity contribution < 1.29 is 28.6 Å². The molecule has 0 spiro atoms. The van der Waals surface area contributed by atoms with Crippen LogP contribution >= 0.6 is 0 Å². The van der Waals surface area contributed by atoms with Crippen LogP contribution < -0.4 is 0 Å². The van der Waals surface area contributed by atoms with Gasteiger partial charge < -0.3 is 14.2 Å². The summed E-state index contributed by atoms with van der Waals surface area (Å²) in [5.74, 6) is -0.873. The number of allylic oxidation sites excluding steroid dienone is 8. The zero-order valence-corrected chi connectivity index (χ0v) is 48.9. The maximum atomic E-state index is 12.8. The molecule has 0 saturated heterocycles. The molecule has 0 amide bonds. The summed E-state index contributed by atoms with van der Waals surface area (Å²) in [6, 6.07) is 0. The quantitative estimate of drug-likeness (QED) is 0.0261. The van der Waals surface area contributed by atoms with Gasteiger partial charge in [0.05, 0.1) is 0 Å². The molecule has 0 aromatic heterocycles. The Bertz CT molecular complexity index is 1270. The Morgan fingerprint density at radius 3 is 0.781 bits per heavy atom. The van der Waals surface area contributed by atoms with E-state index >= 15 is 0 Å². The summed E-state index contributed by atoms with van der Waals surface area (Å²) in [6.07, 6.45) is 77.5. The van der Waals surface area contributed by atoms with Gasteiger partial charge >= 0.3 is 17.9 Å². The van der Waals surface area contributed by atoms with E-state index in [-0.39, 0.29) is 31.1 Å². The van der Waals surface area contributed by atoms with Crippen molar-refractivity contribution in [3.63, 3.8) is 0 Å². The van der Waals surface area contributed by atoms with E-state index in [1.54, 1.807) is 0 Å². The van der Waals surface area contributed by atoms with Crippen LogP contribution in [0.25, 0.3) is 0 Å². The second kappa shape index (κ2) is 61.9. The van der Waals surface area contributed by atoms with E-state index in [0.717, 1.165) is 77.0 Å². The van der Waals surface area contributed by atoms with Gasteiger partial charge in [0.2, 0.25) is 0 Å². The summed E-state index contributed by atoms with van der Waals surface area (Å²) in [5, 5.41) is 0. The van der Waals surface area contributed by atoms with Crippen molar-refractivity contribution in [1.82, 2.24) is 0 Å². The molecule has 0 aromatic rings. The number of hydrogen-bond acceptors (Lipinski definition) is 6. The molecule has 73 heavy (non-hydrogen) atoms. The molecule has 0 rings (SSSR count). The summed E-state index contributed by atoms with van der Waals surface area (Å²) in [7, 11) is 0. The molecule has 0 aliphatic rings. The van der Waals surface area contributed by atoms with E-state index in [2.05, 4.69) is 69.4 Å². The molecule has 0 fully saturated rings. The lowest BCUT2D eigenvalue weighted by molar-refractivity contribution is -0.167. The van der Waals surface area contributed by atoms with E-state index < -0.39 is 6.10 Å². The Morgan fingerprint density at radius 1 is 0.274 bits per heavy atom. The summed E-state index contributed by atoms with van der Waals surface area (Å²) in [4.78, 5) is 37.9. The summed E-state index contributed by atoms with van der Waals surface area (Å²) in [6.45, 7) is 6.58. The van der Waals surface area contributed by atoms with Crippen LogP contribution in [0.3, 0.4) is 0 Å². The van der Waals surface area contributed by atoms with Crippen LogP contribution in [0, 0.1) is 0 Å². The van der Waals surface area contributed by atoms with Crippen LogP contribution in [0.2, 0.25) is 0 Å². The van der Waals surface area contributed by atoms with Gasteiger partial charge in [0.1, 0.15) is 13.2 Å². The zero-order chi connectivity index (χ0) is 52.9. The first-order chi connectivity index (χ1) is 36.0. The summed E-state index contributed by atoms with van der Waals surface area (Å²) < 4.78 is 16.8. The van der Waals surface area contributed by atoms with Crippen LogP contribution in [0.4, 0.5) is 0 Å². The SMILES string of the molecule is CCCCCCC/C=C\C/C=C\C/C=C\CCCCCCCCCCCCCCCCCCCCC(=O)OCC(COC(=O)CCCCCCC)OC(=O)CCCCCCCCC/C=C\CCCCCCCC. The van der Waals surface area contributed by atoms with Crippen molar-refractivity contribution in [1.29, 1.82) is 0 Å². The monoisotopic (exact) mass is 1020 g/mol. The fourth-order valence-electron chi connectivity index (χ4n) is 9.45. The van der Waals surface area contributed by atoms with Crippen molar-refractivity contribution in [3.8, 4) is 0 Å². The first-order valence-electron chi connectivity index (χ1n) is 32.1. The number of carbonyl (C=O) groups excluding carboxylic acids is 3. The van der Waals surface area contributed by atoms with Crippen molar-refractivity contribution in [2.24, 2.45) is 0 Å². The first-order valence-corrected chi connectivity index (χ1v) is 32.1. The highest BCUT2D eigenvalue weighted by molar-refractivity contribution is 5.71. The van der Waals surface area contributed by atoms with Gasteiger partial charge in [-0.2, -0.15) is 0 Å². The molecule has 0 heterocycles. The molecule has 0 aliphatic heterocycles. The molecule has 0 aliphatic carbocycles. The van der Waals surface area contributed by atoms with Crippen LogP contribution in [0.5, 0.6) is 0 Å². The van der Waals surface area contributed by atoms with Crippen LogP contribution in [-0.4, -0.2) is 37.2 Å². The van der Waals surface area contributed by atoms with E-state index in [1.165, 1.54) is 225 Å². The minimum Gasteiger partial charge on any atom is -0.462 e. The highest BCUT2D eigenvalue weighted by atomic mass is 16.6. The molecule has 1 atom stereocenters. The summed E-state index contributed by atoms with van der Waals surface area (Å²) >= 11 is 0. The minimum absolute atomic E-state index is 0.0713. The molecule has 0 aromatic carbocycles. The largest absolute Gasteiger partial charge is 0.462 e. The van der Waals surface area contributed by atoms with Gasteiger partial charge in [-0.3, -0.25) is 14.4 Å². The number of hydrogen-bond donors (Lipinski definition) is 0. The maximum Gasteiger partial charge on any atom is 0.306 e. The predicted octanol–water partition coefficient (Wildman–Crippen LogP) is 21.8. The number of unbranched alkanes of at least 4 members (excludes halogenated alkanes) is 40. The fraction of sp³-hybridized carbons (Fsp3) is 0.836. The average Bonchev–Trinajstić information content (AvgIpc) is 3.39. The van der Waals surface area contributed by atoms with Gasteiger partial charge in [0.15, 0.2) is 6.10 Å². The zero-order valence-electron chi connectivity index (χ0n) is 48.9. The van der Waals surface area contributed by atoms with Crippen LogP contribution in [0.1, 0.15) is 342 Å². The number of esters is 3. The standard InChI is InChI=1S/C67H122O6/c1-4-7-10-13-15-17-19-21-23-25-26-27-28-29-30-31-32-33-34-35-36-37-38-39-40-42-43-45-47-49-51-54-57-60-66(69)72-63-64(62-71-65(68)59-56-53-12-9-6-3)73-67(70)61-58-55-52-50-48-46-44-41-24-22-20-18-16-14-11-8-5-2/h19,21-22,24-26,28-29,64H,4-18,20,23,27,30-63H2,1-3H3/b21-19-,24-22-,26-25-,29-28-. The van der Waals surface area contributed by atoms with Gasteiger partial charge in [0, 0.05) is 19.3 Å². The normalized spacial score (nSPS) is 12.3. The molecule has 0 radical (unpaired) electrons. The lowest BCUT2D eigenvalue weighted by Crippen LogP contribution is -2.30. The Labute approximate surface area is 454 Å². The third-order valence-electron chi connectivity index (χ3n) is 14.3. The molecule has 0 saturated carbocycles. The fourth-order valence-corrected chi connectivity index (χ4v) is 9.45. The molecule has 1 unspecified atom stereocenters. The Morgan fingerprint density at radius 2 is 0.493 bits per heavy atom. The van der Waals surface area contributed by atoms with Gasteiger partial charge in [-0.25, -0.2) is 0 Å².